The maximum atomic E-state index is 13.4. The third-order valence-corrected chi connectivity index (χ3v) is 6.61. The molecule has 2 aromatic rings. The molecule has 8 nitrogen and oxygen atoms in total. The van der Waals surface area contributed by atoms with Crippen LogP contribution in [0.15, 0.2) is 48.7 Å². The van der Waals surface area contributed by atoms with E-state index in [1.165, 1.54) is 17.0 Å². The number of piperidine rings is 1. The van der Waals surface area contributed by atoms with E-state index in [4.69, 9.17) is 0 Å². The second-order valence-electron chi connectivity index (χ2n) is 9.24. The number of likely N-dealkylation sites (tertiary alicyclic amines) is 1. The molecule has 2 N–H and O–H groups in total. The Morgan fingerprint density at radius 2 is 1.97 bits per heavy atom. The Kier molecular flexibility index (Phi) is 7.97. The van der Waals surface area contributed by atoms with Crippen molar-refractivity contribution >= 4 is 23.8 Å². The van der Waals surface area contributed by atoms with Gasteiger partial charge in [-0.05, 0) is 55.7 Å². The number of pyridine rings is 1. The fraction of sp³-hybridized carbons (Fsp3) is 0.423. The Labute approximate surface area is 205 Å². The summed E-state index contributed by atoms with van der Waals surface area (Å²) in [6.07, 6.45) is 5.85. The summed E-state index contributed by atoms with van der Waals surface area (Å²) in [6.45, 7) is 5.83. The Bertz CT molecular complexity index is 1050. The molecule has 9 heteroatoms. The van der Waals surface area contributed by atoms with Crippen LogP contribution in [0.4, 0.5) is 14.9 Å². The van der Waals surface area contributed by atoms with Crippen molar-refractivity contribution in [2.24, 2.45) is 0 Å². The minimum Gasteiger partial charge on any atom is -0.465 e. The summed E-state index contributed by atoms with van der Waals surface area (Å²) < 4.78 is 13.4. The maximum Gasteiger partial charge on any atom is 0.407 e. The van der Waals surface area contributed by atoms with Crippen LogP contribution in [0, 0.1) is 5.82 Å². The van der Waals surface area contributed by atoms with Crippen LogP contribution < -0.4 is 5.32 Å². The molecule has 186 valence electrons. The van der Waals surface area contributed by atoms with E-state index in [9.17, 15) is 19.1 Å². The van der Waals surface area contributed by atoms with Crippen LogP contribution in [0.25, 0.3) is 6.08 Å². The summed E-state index contributed by atoms with van der Waals surface area (Å²) in [4.78, 5) is 33.8. The molecule has 1 atom stereocenters. The van der Waals surface area contributed by atoms with Gasteiger partial charge >= 0.3 is 6.09 Å². The van der Waals surface area contributed by atoms with Crippen molar-refractivity contribution < 1.29 is 19.1 Å². The number of benzene rings is 1. The summed E-state index contributed by atoms with van der Waals surface area (Å²) in [5.41, 5.74) is 2.53. The highest BCUT2D eigenvalue weighted by atomic mass is 19.1. The summed E-state index contributed by atoms with van der Waals surface area (Å²) in [7, 11) is 0. The molecule has 0 aliphatic carbocycles. The maximum absolute atomic E-state index is 13.4. The Morgan fingerprint density at radius 3 is 2.63 bits per heavy atom. The first-order valence-corrected chi connectivity index (χ1v) is 12.0. The molecule has 0 radical (unpaired) electrons. The molecule has 35 heavy (non-hydrogen) atoms. The van der Waals surface area contributed by atoms with Gasteiger partial charge in [-0.25, -0.2) is 9.18 Å². The molecular weight excluding hydrogens is 449 g/mol. The molecule has 1 aromatic carbocycles. The smallest absolute Gasteiger partial charge is 0.407 e. The monoisotopic (exact) mass is 481 g/mol. The van der Waals surface area contributed by atoms with Gasteiger partial charge in [-0.15, -0.1) is 0 Å². The number of amides is 2. The topological polar surface area (TPSA) is 89.0 Å². The van der Waals surface area contributed by atoms with Gasteiger partial charge in [0.1, 0.15) is 5.82 Å². The third kappa shape index (κ3) is 6.79. The number of halogens is 1. The number of carbonyl (C=O) groups excluding carboxylic acids is 1. The number of hydrogen-bond acceptors (Lipinski definition) is 5. The minimum atomic E-state index is -0.866. The van der Waals surface area contributed by atoms with Gasteiger partial charge in [-0.3, -0.25) is 14.7 Å². The molecule has 4 rings (SSSR count). The fourth-order valence-electron chi connectivity index (χ4n) is 4.67. The molecular formula is C26H32FN5O3. The van der Waals surface area contributed by atoms with Crippen LogP contribution in [-0.4, -0.2) is 81.6 Å². The van der Waals surface area contributed by atoms with Crippen molar-refractivity contribution in [3.05, 3.63) is 65.7 Å². The third-order valence-electron chi connectivity index (χ3n) is 6.61. The zero-order valence-corrected chi connectivity index (χ0v) is 19.9. The summed E-state index contributed by atoms with van der Waals surface area (Å²) in [5, 5.41) is 12.6. The molecule has 3 heterocycles. The number of carboxylic acid groups (broad SMARTS) is 1. The van der Waals surface area contributed by atoms with Crippen molar-refractivity contribution in [2.75, 3.05) is 38.0 Å². The number of nitrogens with one attached hydrogen (secondary N) is 1. The van der Waals surface area contributed by atoms with Gasteiger partial charge in [0.2, 0.25) is 5.91 Å². The highest BCUT2D eigenvalue weighted by Crippen LogP contribution is 2.18. The average Bonchev–Trinajstić information content (AvgIpc) is 2.84. The van der Waals surface area contributed by atoms with Crippen molar-refractivity contribution in [3.8, 4) is 0 Å². The van der Waals surface area contributed by atoms with Crippen molar-refractivity contribution in [2.45, 2.75) is 38.4 Å². The largest absolute Gasteiger partial charge is 0.465 e. The molecule has 0 unspecified atom stereocenters. The van der Waals surface area contributed by atoms with Gasteiger partial charge in [0.25, 0.3) is 0 Å². The first kappa shape index (κ1) is 24.7. The van der Waals surface area contributed by atoms with Gasteiger partial charge in [-0.1, -0.05) is 12.1 Å². The number of hydrogen-bond donors (Lipinski definition) is 2. The van der Waals surface area contributed by atoms with E-state index in [1.54, 1.807) is 18.2 Å². The lowest BCUT2D eigenvalue weighted by molar-refractivity contribution is -0.126. The predicted octanol–water partition coefficient (Wildman–Crippen LogP) is 3.52. The van der Waals surface area contributed by atoms with Crippen LogP contribution >= 0.6 is 0 Å². The highest BCUT2D eigenvalue weighted by molar-refractivity contribution is 5.91. The number of carbonyl (C=O) groups is 2. The van der Waals surface area contributed by atoms with E-state index in [-0.39, 0.29) is 23.8 Å². The number of rotatable bonds is 6. The number of aromatic nitrogens is 1. The van der Waals surface area contributed by atoms with Gasteiger partial charge < -0.3 is 20.2 Å². The normalized spacial score (nSPS) is 19.8. The van der Waals surface area contributed by atoms with Crippen LogP contribution in [0.1, 0.15) is 31.0 Å². The zero-order valence-electron chi connectivity index (χ0n) is 19.9. The van der Waals surface area contributed by atoms with Crippen molar-refractivity contribution in [1.29, 1.82) is 0 Å². The quantitative estimate of drug-likeness (QED) is 0.614. The van der Waals surface area contributed by atoms with Gasteiger partial charge in [0.05, 0.1) is 5.69 Å². The van der Waals surface area contributed by atoms with E-state index in [2.05, 4.69) is 15.2 Å². The molecule has 1 aromatic heterocycles. The Morgan fingerprint density at radius 1 is 1.17 bits per heavy atom. The standard InChI is InChI=1S/C26H32FN5O3/c1-19-17-30(13-14-32(19)26(34)35)18-20-5-6-22(28-16-20)7-8-25(33)31-11-9-23(10-12-31)29-24-4-2-3-21(27)15-24/h2-8,15-16,19,23,29H,9-14,17-18H2,1H3,(H,34,35)/b8-7+/t19-/m0/s1. The van der Waals surface area contributed by atoms with E-state index >= 15 is 0 Å². The van der Waals surface area contributed by atoms with E-state index in [0.717, 1.165) is 24.1 Å². The van der Waals surface area contributed by atoms with Crippen LogP contribution in [0.2, 0.25) is 0 Å². The molecule has 2 aliphatic heterocycles. The van der Waals surface area contributed by atoms with Crippen LogP contribution in [0.5, 0.6) is 0 Å². The number of piperazine rings is 1. The predicted molar refractivity (Wildman–Crippen MR) is 132 cm³/mol. The molecule has 0 saturated carbocycles. The zero-order chi connectivity index (χ0) is 24.8. The van der Waals surface area contributed by atoms with E-state index < -0.39 is 6.09 Å². The first-order valence-electron chi connectivity index (χ1n) is 12.0. The molecule has 0 bridgehead atoms. The Hall–Kier alpha value is -3.46. The minimum absolute atomic E-state index is 0.0367. The van der Waals surface area contributed by atoms with Crippen LogP contribution in [-0.2, 0) is 11.3 Å². The van der Waals surface area contributed by atoms with Crippen LogP contribution in [0.3, 0.4) is 0 Å². The Balaban J connectivity index is 1.22. The van der Waals surface area contributed by atoms with E-state index in [0.29, 0.717) is 45.0 Å². The van der Waals surface area contributed by atoms with Crippen molar-refractivity contribution in [1.82, 2.24) is 19.7 Å². The lowest BCUT2D eigenvalue weighted by Crippen LogP contribution is -2.53. The lowest BCUT2D eigenvalue weighted by Gasteiger charge is -2.38. The fourth-order valence-corrected chi connectivity index (χ4v) is 4.67. The summed E-state index contributed by atoms with van der Waals surface area (Å²) in [6, 6.07) is 10.5. The first-order chi connectivity index (χ1) is 16.9. The highest BCUT2D eigenvalue weighted by Gasteiger charge is 2.27. The number of nitrogens with zero attached hydrogens (tertiary/aromatic N) is 4. The second-order valence-corrected chi connectivity index (χ2v) is 9.24. The average molecular weight is 482 g/mol. The van der Waals surface area contributed by atoms with Gasteiger partial charge in [-0.2, -0.15) is 0 Å². The molecule has 0 spiro atoms. The summed E-state index contributed by atoms with van der Waals surface area (Å²) in [5.74, 6) is -0.298. The molecule has 2 aliphatic rings. The van der Waals surface area contributed by atoms with E-state index in [1.807, 2.05) is 36.2 Å². The molecule has 2 saturated heterocycles. The van der Waals surface area contributed by atoms with Gasteiger partial charge in [0, 0.05) is 69.3 Å². The SMILES string of the molecule is C[C@H]1CN(Cc2ccc(/C=C/C(=O)N3CCC(Nc4cccc(F)c4)CC3)nc2)CCN1C(=O)O. The molecule has 2 fully saturated rings. The van der Waals surface area contributed by atoms with Gasteiger partial charge in [0.15, 0.2) is 0 Å². The molecule has 2 amide bonds. The summed E-state index contributed by atoms with van der Waals surface area (Å²) >= 11 is 0. The second kappa shape index (κ2) is 11.3. The van der Waals surface area contributed by atoms with Crippen molar-refractivity contribution in [3.63, 3.8) is 0 Å². The lowest BCUT2D eigenvalue weighted by atomic mass is 10.0. The number of anilines is 1.